The molecule has 88 valence electrons. The van der Waals surface area contributed by atoms with Gasteiger partial charge in [-0.25, -0.2) is 0 Å². The second-order valence-corrected chi connectivity index (χ2v) is 3.52. The molecule has 4 N–H and O–H groups in total. The van der Waals surface area contributed by atoms with Crippen molar-refractivity contribution in [3.8, 4) is 0 Å². The van der Waals surface area contributed by atoms with Crippen molar-refractivity contribution in [1.29, 1.82) is 0 Å². The third-order valence-corrected chi connectivity index (χ3v) is 2.16. The zero-order chi connectivity index (χ0) is 11.9. The SMILES string of the molecule is COCCC(C)(NCCC(N)=O)C(=O)O. The summed E-state index contributed by atoms with van der Waals surface area (Å²) in [7, 11) is 1.51. The smallest absolute Gasteiger partial charge is 0.323 e. The van der Waals surface area contributed by atoms with Crippen molar-refractivity contribution in [2.75, 3.05) is 20.3 Å². The molecule has 0 aromatic heterocycles. The van der Waals surface area contributed by atoms with Crippen LogP contribution < -0.4 is 11.1 Å². The van der Waals surface area contributed by atoms with Crippen molar-refractivity contribution in [2.24, 2.45) is 5.73 Å². The van der Waals surface area contributed by atoms with Gasteiger partial charge in [0, 0.05) is 26.7 Å². The van der Waals surface area contributed by atoms with Crippen LogP contribution in [0.4, 0.5) is 0 Å². The second kappa shape index (κ2) is 6.36. The molecule has 0 saturated heterocycles. The predicted octanol–water partition coefficient (Wildman–Crippen LogP) is -0.669. The van der Waals surface area contributed by atoms with Crippen LogP contribution in [0.5, 0.6) is 0 Å². The fraction of sp³-hybridized carbons (Fsp3) is 0.778. The Labute approximate surface area is 88.8 Å². The molecule has 15 heavy (non-hydrogen) atoms. The van der Waals surface area contributed by atoms with Gasteiger partial charge < -0.3 is 20.9 Å². The Bertz CT molecular complexity index is 232. The zero-order valence-corrected chi connectivity index (χ0v) is 9.08. The first-order valence-corrected chi connectivity index (χ1v) is 4.68. The van der Waals surface area contributed by atoms with Gasteiger partial charge in [0.1, 0.15) is 5.54 Å². The number of rotatable bonds is 8. The molecule has 0 bridgehead atoms. The fourth-order valence-corrected chi connectivity index (χ4v) is 1.04. The average molecular weight is 218 g/mol. The summed E-state index contributed by atoms with van der Waals surface area (Å²) in [5.41, 5.74) is 3.87. The van der Waals surface area contributed by atoms with Crippen LogP contribution in [-0.4, -0.2) is 42.8 Å². The molecule has 0 radical (unpaired) electrons. The first-order chi connectivity index (χ1) is 6.92. The van der Waals surface area contributed by atoms with Gasteiger partial charge >= 0.3 is 5.97 Å². The van der Waals surface area contributed by atoms with Crippen molar-refractivity contribution in [3.63, 3.8) is 0 Å². The van der Waals surface area contributed by atoms with E-state index in [9.17, 15) is 9.59 Å². The molecule has 1 unspecified atom stereocenters. The van der Waals surface area contributed by atoms with Gasteiger partial charge in [0.05, 0.1) is 0 Å². The first kappa shape index (κ1) is 13.9. The van der Waals surface area contributed by atoms with E-state index in [4.69, 9.17) is 15.6 Å². The van der Waals surface area contributed by atoms with Crippen molar-refractivity contribution >= 4 is 11.9 Å². The Hall–Kier alpha value is -1.14. The van der Waals surface area contributed by atoms with E-state index in [1.165, 1.54) is 7.11 Å². The molecule has 1 amide bonds. The normalized spacial score (nSPS) is 14.5. The number of nitrogens with two attached hydrogens (primary N) is 1. The number of carboxylic acids is 1. The number of nitrogens with one attached hydrogen (secondary N) is 1. The lowest BCUT2D eigenvalue weighted by molar-refractivity contribution is -0.145. The maximum Gasteiger partial charge on any atom is 0.323 e. The number of hydrogen-bond donors (Lipinski definition) is 3. The lowest BCUT2D eigenvalue weighted by Crippen LogP contribution is -2.51. The number of ether oxygens (including phenoxy) is 1. The molecule has 0 saturated carbocycles. The van der Waals surface area contributed by atoms with Crippen LogP contribution in [0.2, 0.25) is 0 Å². The Kier molecular flexibility index (Phi) is 5.88. The van der Waals surface area contributed by atoms with Gasteiger partial charge in [-0.15, -0.1) is 0 Å². The molecule has 1 atom stereocenters. The summed E-state index contributed by atoms with van der Waals surface area (Å²) in [6.45, 7) is 2.14. The Morgan fingerprint density at radius 2 is 2.13 bits per heavy atom. The van der Waals surface area contributed by atoms with Crippen molar-refractivity contribution in [2.45, 2.75) is 25.3 Å². The first-order valence-electron chi connectivity index (χ1n) is 4.68. The molecule has 6 nitrogen and oxygen atoms in total. The molecule has 0 aromatic carbocycles. The van der Waals surface area contributed by atoms with Crippen LogP contribution in [0.1, 0.15) is 19.8 Å². The third-order valence-electron chi connectivity index (χ3n) is 2.16. The largest absolute Gasteiger partial charge is 0.480 e. The van der Waals surface area contributed by atoms with E-state index < -0.39 is 17.4 Å². The molecule has 0 aliphatic heterocycles. The number of amides is 1. The maximum atomic E-state index is 11.0. The molecule has 0 heterocycles. The Morgan fingerprint density at radius 3 is 2.53 bits per heavy atom. The molecule has 0 rings (SSSR count). The highest BCUT2D eigenvalue weighted by Gasteiger charge is 2.31. The summed E-state index contributed by atoms with van der Waals surface area (Å²) in [6.07, 6.45) is 0.452. The van der Waals surface area contributed by atoms with Crippen LogP contribution >= 0.6 is 0 Å². The van der Waals surface area contributed by atoms with E-state index in [0.29, 0.717) is 13.0 Å². The summed E-state index contributed by atoms with van der Waals surface area (Å²) in [5, 5.41) is 11.8. The monoisotopic (exact) mass is 218 g/mol. The topological polar surface area (TPSA) is 102 Å². The minimum Gasteiger partial charge on any atom is -0.480 e. The summed E-state index contributed by atoms with van der Waals surface area (Å²) in [6, 6.07) is 0. The summed E-state index contributed by atoms with van der Waals surface area (Å²) in [4.78, 5) is 21.4. The molecular weight excluding hydrogens is 200 g/mol. The predicted molar refractivity (Wildman–Crippen MR) is 54.3 cm³/mol. The average Bonchev–Trinajstić information content (AvgIpc) is 2.14. The number of methoxy groups -OCH3 is 1. The summed E-state index contributed by atoms with van der Waals surface area (Å²) >= 11 is 0. The van der Waals surface area contributed by atoms with Gasteiger partial charge in [0.2, 0.25) is 5.91 Å². The van der Waals surface area contributed by atoms with Gasteiger partial charge in [-0.1, -0.05) is 0 Å². The van der Waals surface area contributed by atoms with Gasteiger partial charge in [-0.2, -0.15) is 0 Å². The molecule has 6 heteroatoms. The fourth-order valence-electron chi connectivity index (χ4n) is 1.04. The van der Waals surface area contributed by atoms with E-state index >= 15 is 0 Å². The lowest BCUT2D eigenvalue weighted by atomic mass is 9.98. The van der Waals surface area contributed by atoms with Crippen LogP contribution in [0.3, 0.4) is 0 Å². The van der Waals surface area contributed by atoms with Gasteiger partial charge in [-0.3, -0.25) is 9.59 Å². The number of carbonyl (C=O) groups is 2. The number of carbonyl (C=O) groups excluding carboxylic acids is 1. The molecule has 0 aromatic rings. The van der Waals surface area contributed by atoms with Crippen LogP contribution in [0, 0.1) is 0 Å². The highest BCUT2D eigenvalue weighted by molar-refractivity contribution is 5.78. The van der Waals surface area contributed by atoms with Gasteiger partial charge in [0.25, 0.3) is 0 Å². The van der Waals surface area contributed by atoms with Crippen molar-refractivity contribution < 1.29 is 19.4 Å². The highest BCUT2D eigenvalue weighted by Crippen LogP contribution is 2.09. The summed E-state index contributed by atoms with van der Waals surface area (Å²) in [5.74, 6) is -1.42. The van der Waals surface area contributed by atoms with E-state index in [1.807, 2.05) is 0 Å². The lowest BCUT2D eigenvalue weighted by Gasteiger charge is -2.25. The molecular formula is C9H18N2O4. The van der Waals surface area contributed by atoms with Gasteiger partial charge in [-0.05, 0) is 13.3 Å². The number of carboxylic acid groups (broad SMARTS) is 1. The van der Waals surface area contributed by atoms with Crippen molar-refractivity contribution in [1.82, 2.24) is 5.32 Å². The molecule has 0 spiro atoms. The molecule has 0 fully saturated rings. The number of aliphatic carboxylic acids is 1. The highest BCUT2D eigenvalue weighted by atomic mass is 16.5. The Morgan fingerprint density at radius 1 is 1.53 bits per heavy atom. The van der Waals surface area contributed by atoms with E-state index in [0.717, 1.165) is 0 Å². The maximum absolute atomic E-state index is 11.0. The van der Waals surface area contributed by atoms with Crippen LogP contribution in [0.25, 0.3) is 0 Å². The quantitative estimate of drug-likeness (QED) is 0.501. The third kappa shape index (κ3) is 5.34. The van der Waals surface area contributed by atoms with Gasteiger partial charge in [0.15, 0.2) is 0 Å². The zero-order valence-electron chi connectivity index (χ0n) is 9.08. The van der Waals surface area contributed by atoms with Crippen LogP contribution in [-0.2, 0) is 14.3 Å². The Balaban J connectivity index is 4.13. The summed E-state index contributed by atoms with van der Waals surface area (Å²) < 4.78 is 4.82. The van der Waals surface area contributed by atoms with E-state index in [2.05, 4.69) is 5.32 Å². The number of hydrogen-bond acceptors (Lipinski definition) is 4. The molecule has 0 aliphatic rings. The van der Waals surface area contributed by atoms with Crippen LogP contribution in [0.15, 0.2) is 0 Å². The second-order valence-electron chi connectivity index (χ2n) is 3.52. The number of primary amides is 1. The minimum absolute atomic E-state index is 0.121. The van der Waals surface area contributed by atoms with E-state index in [1.54, 1.807) is 6.92 Å². The standard InChI is InChI=1S/C9H18N2O4/c1-9(8(13)14,4-6-15-2)11-5-3-7(10)12/h11H,3-6H2,1-2H3,(H2,10,12)(H,13,14). The minimum atomic E-state index is -1.08. The molecule has 0 aliphatic carbocycles. The van der Waals surface area contributed by atoms with E-state index in [-0.39, 0.29) is 13.0 Å². The van der Waals surface area contributed by atoms with Crippen molar-refractivity contribution in [3.05, 3.63) is 0 Å².